The van der Waals surface area contributed by atoms with Crippen molar-refractivity contribution in [1.29, 1.82) is 0 Å². The predicted molar refractivity (Wildman–Crippen MR) is 93.4 cm³/mol. The van der Waals surface area contributed by atoms with Gasteiger partial charge >= 0.3 is 0 Å². The predicted octanol–water partition coefficient (Wildman–Crippen LogP) is 2.54. The Balaban J connectivity index is 0.00000192. The number of carbonyl (C=O) groups excluding carboxylic acids is 1. The lowest BCUT2D eigenvalue weighted by molar-refractivity contribution is 0.0708. The summed E-state index contributed by atoms with van der Waals surface area (Å²) in [6.45, 7) is 3.27. The third kappa shape index (κ3) is 3.57. The second kappa shape index (κ2) is 7.15. The first-order valence-corrected chi connectivity index (χ1v) is 7.58. The molecule has 0 aliphatic carbocycles. The number of fused-ring (bicyclic) bond motifs is 1. The Morgan fingerprint density at radius 3 is 2.87 bits per heavy atom. The number of piperidine rings is 1. The summed E-state index contributed by atoms with van der Waals surface area (Å²) in [6, 6.07) is 7.69. The van der Waals surface area contributed by atoms with E-state index in [0.717, 1.165) is 41.7 Å². The van der Waals surface area contributed by atoms with Crippen LogP contribution in [0.2, 0.25) is 0 Å². The van der Waals surface area contributed by atoms with Crippen LogP contribution in [0.4, 0.5) is 0 Å². The average molecular weight is 336 g/mol. The smallest absolute Gasteiger partial charge is 0.255 e. The molecule has 1 saturated heterocycles. The van der Waals surface area contributed by atoms with E-state index in [0.29, 0.717) is 12.1 Å². The minimum Gasteiger partial charge on any atom is -0.497 e. The molecule has 1 aliphatic rings. The van der Waals surface area contributed by atoms with Crippen molar-refractivity contribution in [2.45, 2.75) is 25.8 Å². The molecule has 124 valence electrons. The number of hydrogen-bond donors (Lipinski definition) is 1. The Hall–Kier alpha value is -1.85. The molecule has 6 heteroatoms. The third-order valence-corrected chi connectivity index (χ3v) is 4.19. The zero-order valence-electron chi connectivity index (χ0n) is 13.4. The summed E-state index contributed by atoms with van der Waals surface area (Å²) >= 11 is 0. The van der Waals surface area contributed by atoms with Gasteiger partial charge in [0, 0.05) is 30.6 Å². The second-order valence-electron chi connectivity index (χ2n) is 5.83. The van der Waals surface area contributed by atoms with Crippen LogP contribution in [0.15, 0.2) is 24.3 Å². The number of pyridine rings is 1. The van der Waals surface area contributed by atoms with Crippen LogP contribution in [0.3, 0.4) is 0 Å². The number of amides is 1. The van der Waals surface area contributed by atoms with Crippen LogP contribution in [0.25, 0.3) is 10.9 Å². The maximum absolute atomic E-state index is 12.7. The van der Waals surface area contributed by atoms with Gasteiger partial charge in [-0.3, -0.25) is 9.78 Å². The number of hydrogen-bond acceptors (Lipinski definition) is 4. The monoisotopic (exact) mass is 335 g/mol. The number of aromatic nitrogens is 1. The van der Waals surface area contributed by atoms with E-state index in [9.17, 15) is 4.79 Å². The maximum Gasteiger partial charge on any atom is 0.255 e. The number of nitrogens with zero attached hydrogens (tertiary/aromatic N) is 2. The van der Waals surface area contributed by atoms with E-state index in [1.807, 2.05) is 36.1 Å². The highest BCUT2D eigenvalue weighted by Gasteiger charge is 2.24. The van der Waals surface area contributed by atoms with E-state index >= 15 is 0 Å². The van der Waals surface area contributed by atoms with Crippen LogP contribution in [-0.4, -0.2) is 42.0 Å². The number of methoxy groups -OCH3 is 1. The molecule has 0 spiro atoms. The number of aryl methyl sites for hydroxylation is 1. The van der Waals surface area contributed by atoms with Gasteiger partial charge in [-0.15, -0.1) is 12.4 Å². The summed E-state index contributed by atoms with van der Waals surface area (Å²) < 4.78 is 5.22. The highest BCUT2D eigenvalue weighted by molar-refractivity contribution is 5.98. The summed E-state index contributed by atoms with van der Waals surface area (Å²) in [5.41, 5.74) is 8.21. The molecule has 3 rings (SSSR count). The van der Waals surface area contributed by atoms with Gasteiger partial charge in [0.2, 0.25) is 0 Å². The van der Waals surface area contributed by atoms with Crippen molar-refractivity contribution >= 4 is 29.2 Å². The molecule has 2 N–H and O–H groups in total. The molecule has 0 saturated carbocycles. The first kappa shape index (κ1) is 17.5. The Kier molecular flexibility index (Phi) is 5.44. The summed E-state index contributed by atoms with van der Waals surface area (Å²) in [4.78, 5) is 19.1. The number of rotatable bonds is 2. The van der Waals surface area contributed by atoms with Crippen molar-refractivity contribution in [1.82, 2.24) is 9.88 Å². The van der Waals surface area contributed by atoms with E-state index in [-0.39, 0.29) is 24.4 Å². The van der Waals surface area contributed by atoms with Crippen molar-refractivity contribution in [3.8, 4) is 5.75 Å². The van der Waals surface area contributed by atoms with Crippen molar-refractivity contribution in [2.24, 2.45) is 5.73 Å². The third-order valence-electron chi connectivity index (χ3n) is 4.19. The van der Waals surface area contributed by atoms with Crippen LogP contribution >= 0.6 is 12.4 Å². The molecular formula is C17H22ClN3O2. The van der Waals surface area contributed by atoms with Gasteiger partial charge < -0.3 is 15.4 Å². The molecule has 23 heavy (non-hydrogen) atoms. The average Bonchev–Trinajstić information content (AvgIpc) is 2.53. The van der Waals surface area contributed by atoms with Crippen molar-refractivity contribution in [2.75, 3.05) is 20.2 Å². The van der Waals surface area contributed by atoms with Crippen molar-refractivity contribution in [3.05, 3.63) is 35.5 Å². The van der Waals surface area contributed by atoms with Crippen LogP contribution in [0, 0.1) is 6.92 Å². The summed E-state index contributed by atoms with van der Waals surface area (Å²) in [6.07, 6.45) is 1.95. The summed E-state index contributed by atoms with van der Waals surface area (Å²) in [5.74, 6) is 0.790. The molecule has 1 fully saturated rings. The minimum absolute atomic E-state index is 0. The number of likely N-dealkylation sites (tertiary alicyclic amines) is 1. The fraction of sp³-hybridized carbons (Fsp3) is 0.412. The summed E-state index contributed by atoms with van der Waals surface area (Å²) in [5, 5.41) is 0.941. The zero-order valence-corrected chi connectivity index (χ0v) is 14.2. The van der Waals surface area contributed by atoms with Gasteiger partial charge in [0.1, 0.15) is 5.75 Å². The van der Waals surface area contributed by atoms with Gasteiger partial charge in [-0.2, -0.15) is 0 Å². The van der Waals surface area contributed by atoms with Gasteiger partial charge in [0.25, 0.3) is 5.91 Å². The Morgan fingerprint density at radius 2 is 2.17 bits per heavy atom. The number of ether oxygens (including phenoxy) is 1. The van der Waals surface area contributed by atoms with Crippen molar-refractivity contribution in [3.63, 3.8) is 0 Å². The standard InChI is InChI=1S/C17H21N3O2.ClH/c1-11-15(17(21)20-7-3-4-13(18)10-20)8-12-5-6-14(22-2)9-16(12)19-11;/h5-6,8-9,13H,3-4,7,10,18H2,1-2H3;1H. The van der Waals surface area contributed by atoms with Crippen LogP contribution in [0.5, 0.6) is 5.75 Å². The largest absolute Gasteiger partial charge is 0.497 e. The van der Waals surface area contributed by atoms with Gasteiger partial charge in [-0.05, 0) is 38.0 Å². The summed E-state index contributed by atoms with van der Waals surface area (Å²) in [7, 11) is 1.63. The van der Waals surface area contributed by atoms with Crippen LogP contribution < -0.4 is 10.5 Å². The molecule has 2 aromatic rings. The highest BCUT2D eigenvalue weighted by Crippen LogP contribution is 2.23. The first-order valence-electron chi connectivity index (χ1n) is 7.58. The SMILES string of the molecule is COc1ccc2cc(C(=O)N3CCCC(N)C3)c(C)nc2c1.Cl. The topological polar surface area (TPSA) is 68.5 Å². The quantitative estimate of drug-likeness (QED) is 0.915. The fourth-order valence-electron chi connectivity index (χ4n) is 2.95. The Morgan fingerprint density at radius 1 is 1.39 bits per heavy atom. The second-order valence-corrected chi connectivity index (χ2v) is 5.83. The molecule has 5 nitrogen and oxygen atoms in total. The zero-order chi connectivity index (χ0) is 15.7. The van der Waals surface area contributed by atoms with E-state index in [4.69, 9.17) is 10.5 Å². The lowest BCUT2D eigenvalue weighted by Crippen LogP contribution is -2.45. The van der Waals surface area contributed by atoms with Gasteiger partial charge in [0.15, 0.2) is 0 Å². The number of benzene rings is 1. The molecule has 1 atom stereocenters. The normalized spacial score (nSPS) is 17.7. The van der Waals surface area contributed by atoms with E-state index in [1.54, 1.807) is 7.11 Å². The number of carbonyl (C=O) groups is 1. The Bertz CT molecular complexity index is 720. The molecule has 1 aromatic heterocycles. The van der Waals surface area contributed by atoms with Gasteiger partial charge in [0.05, 0.1) is 23.9 Å². The molecule has 1 amide bonds. The lowest BCUT2D eigenvalue weighted by atomic mass is 10.0. The maximum atomic E-state index is 12.7. The van der Waals surface area contributed by atoms with Crippen molar-refractivity contribution < 1.29 is 9.53 Å². The molecule has 1 aromatic carbocycles. The Labute approximate surface area is 142 Å². The van der Waals surface area contributed by atoms with Crippen LogP contribution in [0.1, 0.15) is 28.9 Å². The molecule has 0 radical (unpaired) electrons. The van der Waals surface area contributed by atoms with Gasteiger partial charge in [-0.1, -0.05) is 0 Å². The highest BCUT2D eigenvalue weighted by atomic mass is 35.5. The van der Waals surface area contributed by atoms with E-state index in [1.165, 1.54) is 0 Å². The number of halogens is 1. The fourth-order valence-corrected chi connectivity index (χ4v) is 2.95. The van der Waals surface area contributed by atoms with Gasteiger partial charge in [-0.25, -0.2) is 0 Å². The molecule has 2 heterocycles. The molecule has 1 aliphatic heterocycles. The molecule has 0 bridgehead atoms. The van der Waals surface area contributed by atoms with E-state index < -0.39 is 0 Å². The minimum atomic E-state index is 0. The molecular weight excluding hydrogens is 314 g/mol. The lowest BCUT2D eigenvalue weighted by Gasteiger charge is -2.31. The molecule has 1 unspecified atom stereocenters. The first-order chi connectivity index (χ1) is 10.6. The van der Waals surface area contributed by atoms with E-state index in [2.05, 4.69) is 4.98 Å². The van der Waals surface area contributed by atoms with Crippen LogP contribution in [-0.2, 0) is 0 Å². The number of nitrogens with two attached hydrogens (primary N) is 1.